The summed E-state index contributed by atoms with van der Waals surface area (Å²) in [4.78, 5) is 41.5. The van der Waals surface area contributed by atoms with Crippen molar-refractivity contribution in [3.8, 4) is 0 Å². The Hall–Kier alpha value is -2.68. The van der Waals surface area contributed by atoms with Crippen LogP contribution in [0.15, 0.2) is 24.8 Å². The van der Waals surface area contributed by atoms with E-state index in [4.69, 9.17) is 5.73 Å². The highest BCUT2D eigenvalue weighted by atomic mass is 16.2. The van der Waals surface area contributed by atoms with Crippen LogP contribution in [0.1, 0.15) is 77.9 Å². The van der Waals surface area contributed by atoms with E-state index in [0.29, 0.717) is 50.9 Å². The molecule has 0 bridgehead atoms. The van der Waals surface area contributed by atoms with Crippen LogP contribution in [0.4, 0.5) is 0 Å². The second-order valence-electron chi connectivity index (χ2n) is 10.4. The van der Waals surface area contributed by atoms with Gasteiger partial charge in [-0.05, 0) is 72.8 Å². The zero-order valence-corrected chi connectivity index (χ0v) is 21.8. The number of nitrogens with zero attached hydrogens (tertiary/aromatic N) is 5. The minimum absolute atomic E-state index is 0.0953. The molecule has 194 valence electrons. The van der Waals surface area contributed by atoms with Gasteiger partial charge in [0.15, 0.2) is 0 Å². The van der Waals surface area contributed by atoms with Crippen LogP contribution >= 0.6 is 0 Å². The Bertz CT molecular complexity index is 906. The quantitative estimate of drug-likeness (QED) is 0.423. The molecule has 1 aliphatic carbocycles. The third-order valence-electron chi connectivity index (χ3n) is 7.21. The number of amides is 2. The molecule has 2 amide bonds. The van der Waals surface area contributed by atoms with E-state index in [-0.39, 0.29) is 23.7 Å². The van der Waals surface area contributed by atoms with Gasteiger partial charge in [-0.15, -0.1) is 0 Å². The first kappa shape index (κ1) is 26.9. The van der Waals surface area contributed by atoms with Gasteiger partial charge in [-0.3, -0.25) is 14.5 Å². The molecule has 2 aromatic heterocycles. The topological polar surface area (TPSA) is 113 Å². The van der Waals surface area contributed by atoms with Crippen molar-refractivity contribution >= 4 is 11.8 Å². The van der Waals surface area contributed by atoms with E-state index in [9.17, 15) is 9.59 Å². The number of primary amides is 1. The van der Waals surface area contributed by atoms with Gasteiger partial charge >= 0.3 is 0 Å². The van der Waals surface area contributed by atoms with Gasteiger partial charge < -0.3 is 20.2 Å². The summed E-state index contributed by atoms with van der Waals surface area (Å²) in [7, 11) is 0. The maximum absolute atomic E-state index is 13.5. The Morgan fingerprint density at radius 1 is 1.03 bits per heavy atom. The molecule has 3 N–H and O–H groups in total. The first-order valence-electron chi connectivity index (χ1n) is 13.1. The Morgan fingerprint density at radius 3 is 2.31 bits per heavy atom. The Morgan fingerprint density at radius 2 is 1.71 bits per heavy atom. The molecule has 1 aliphatic rings. The maximum atomic E-state index is 13.5. The van der Waals surface area contributed by atoms with Gasteiger partial charge in [0.1, 0.15) is 11.6 Å². The van der Waals surface area contributed by atoms with Gasteiger partial charge in [-0.2, -0.15) is 0 Å². The number of nitrogens with two attached hydrogens (primary N) is 1. The summed E-state index contributed by atoms with van der Waals surface area (Å²) in [5, 5.41) is 0. The van der Waals surface area contributed by atoms with E-state index < -0.39 is 0 Å². The number of hydrogen-bond donors (Lipinski definition) is 2. The average molecular weight is 486 g/mol. The zero-order valence-electron chi connectivity index (χ0n) is 21.8. The highest BCUT2D eigenvalue weighted by Gasteiger charge is 2.32. The lowest BCUT2D eigenvalue weighted by atomic mass is 9.81. The second-order valence-corrected chi connectivity index (χ2v) is 10.4. The van der Waals surface area contributed by atoms with Gasteiger partial charge in [0.05, 0.1) is 13.1 Å². The first-order chi connectivity index (χ1) is 16.8. The molecule has 0 saturated heterocycles. The monoisotopic (exact) mass is 485 g/mol. The van der Waals surface area contributed by atoms with Gasteiger partial charge in [0, 0.05) is 55.3 Å². The summed E-state index contributed by atoms with van der Waals surface area (Å²) in [6.45, 7) is 11.8. The standard InChI is InChI=1S/C26H43N7O2/c1-19(2)33(20(3)4)15-6-5-14-31-16-13-30-24(31)18-32(17-23-28-11-12-29-23)26(35)22-9-7-21(8-10-22)25(27)34/h11-13,16,19-22H,5-10,14-15,17-18H2,1-4H3,(H2,27,34)(H,28,29). The fourth-order valence-corrected chi connectivity index (χ4v) is 5.22. The SMILES string of the molecule is CC(C)N(CCCCn1ccnc1CN(Cc1ncc[nH]1)C(=O)C1CCC(C(N)=O)CC1)C(C)C. The molecule has 9 nitrogen and oxygen atoms in total. The van der Waals surface area contributed by atoms with Gasteiger partial charge in [-0.25, -0.2) is 9.97 Å². The van der Waals surface area contributed by atoms with E-state index in [1.54, 1.807) is 12.4 Å². The van der Waals surface area contributed by atoms with E-state index in [2.05, 4.69) is 52.1 Å². The van der Waals surface area contributed by atoms with Crippen molar-refractivity contribution in [2.24, 2.45) is 17.6 Å². The normalized spacial score (nSPS) is 18.5. The Labute approximate surface area is 209 Å². The summed E-state index contributed by atoms with van der Waals surface area (Å²) >= 11 is 0. The highest BCUT2D eigenvalue weighted by molar-refractivity contribution is 5.80. The maximum Gasteiger partial charge on any atom is 0.226 e. The number of carbonyl (C=O) groups is 2. The summed E-state index contributed by atoms with van der Waals surface area (Å²) in [5.74, 6) is 1.28. The number of hydrogen-bond acceptors (Lipinski definition) is 5. The third kappa shape index (κ3) is 7.65. The molecular weight excluding hydrogens is 442 g/mol. The van der Waals surface area contributed by atoms with Crippen LogP contribution in [0.25, 0.3) is 0 Å². The lowest BCUT2D eigenvalue weighted by Gasteiger charge is -2.31. The van der Waals surface area contributed by atoms with Gasteiger partial charge in [0.2, 0.25) is 11.8 Å². The molecule has 0 atom stereocenters. The molecule has 0 radical (unpaired) electrons. The van der Waals surface area contributed by atoms with Crippen LogP contribution in [-0.2, 0) is 29.2 Å². The molecule has 0 aliphatic heterocycles. The predicted molar refractivity (Wildman–Crippen MR) is 136 cm³/mol. The molecule has 1 saturated carbocycles. The number of nitrogens with one attached hydrogen (secondary N) is 1. The number of H-pyrrole nitrogens is 1. The number of aryl methyl sites for hydroxylation is 1. The van der Waals surface area contributed by atoms with Crippen molar-refractivity contribution < 1.29 is 9.59 Å². The number of rotatable bonds is 13. The fraction of sp³-hybridized carbons (Fsp3) is 0.692. The summed E-state index contributed by atoms with van der Waals surface area (Å²) in [6.07, 6.45) is 12.2. The minimum Gasteiger partial charge on any atom is -0.369 e. The lowest BCUT2D eigenvalue weighted by Crippen LogP contribution is -2.39. The molecule has 2 heterocycles. The molecule has 35 heavy (non-hydrogen) atoms. The zero-order chi connectivity index (χ0) is 25.4. The average Bonchev–Trinajstić information content (AvgIpc) is 3.49. The van der Waals surface area contributed by atoms with Crippen LogP contribution in [0.2, 0.25) is 0 Å². The minimum atomic E-state index is -0.254. The van der Waals surface area contributed by atoms with E-state index in [0.717, 1.165) is 37.6 Å². The largest absolute Gasteiger partial charge is 0.369 e. The highest BCUT2D eigenvalue weighted by Crippen LogP contribution is 2.30. The number of aromatic nitrogens is 4. The van der Waals surface area contributed by atoms with Crippen molar-refractivity contribution in [1.29, 1.82) is 0 Å². The van der Waals surface area contributed by atoms with E-state index in [1.165, 1.54) is 0 Å². The number of carbonyl (C=O) groups excluding carboxylic acids is 2. The molecule has 2 aromatic rings. The molecule has 1 fully saturated rings. The Kier molecular flexibility index (Phi) is 9.89. The molecule has 0 spiro atoms. The van der Waals surface area contributed by atoms with Crippen molar-refractivity contribution in [2.45, 2.75) is 97.9 Å². The number of unbranched alkanes of at least 4 members (excludes halogenated alkanes) is 1. The summed E-state index contributed by atoms with van der Waals surface area (Å²) < 4.78 is 2.17. The second kappa shape index (κ2) is 12.9. The fourth-order valence-electron chi connectivity index (χ4n) is 5.22. The summed E-state index contributed by atoms with van der Waals surface area (Å²) in [6, 6.07) is 1.08. The molecule has 0 unspecified atom stereocenters. The van der Waals surface area contributed by atoms with Crippen LogP contribution in [0.3, 0.4) is 0 Å². The number of imidazole rings is 2. The van der Waals surface area contributed by atoms with Gasteiger partial charge in [0.25, 0.3) is 0 Å². The van der Waals surface area contributed by atoms with Crippen LogP contribution < -0.4 is 5.73 Å². The molecule has 9 heteroatoms. The van der Waals surface area contributed by atoms with Crippen molar-refractivity contribution in [3.63, 3.8) is 0 Å². The smallest absolute Gasteiger partial charge is 0.226 e. The van der Waals surface area contributed by atoms with Crippen molar-refractivity contribution in [1.82, 2.24) is 29.3 Å². The van der Waals surface area contributed by atoms with Crippen LogP contribution in [0.5, 0.6) is 0 Å². The van der Waals surface area contributed by atoms with Crippen molar-refractivity contribution in [3.05, 3.63) is 36.4 Å². The lowest BCUT2D eigenvalue weighted by molar-refractivity contribution is -0.139. The van der Waals surface area contributed by atoms with E-state index >= 15 is 0 Å². The van der Waals surface area contributed by atoms with Gasteiger partial charge in [-0.1, -0.05) is 0 Å². The molecule has 0 aromatic carbocycles. The summed E-state index contributed by atoms with van der Waals surface area (Å²) in [5.41, 5.74) is 5.48. The molecular formula is C26H43N7O2. The first-order valence-corrected chi connectivity index (χ1v) is 13.1. The van der Waals surface area contributed by atoms with Crippen LogP contribution in [-0.4, -0.2) is 59.8 Å². The van der Waals surface area contributed by atoms with Crippen LogP contribution in [0, 0.1) is 11.8 Å². The van der Waals surface area contributed by atoms with E-state index in [1.807, 2.05) is 17.3 Å². The third-order valence-corrected chi connectivity index (χ3v) is 7.21. The van der Waals surface area contributed by atoms with Crippen molar-refractivity contribution in [2.75, 3.05) is 6.54 Å². The predicted octanol–water partition coefficient (Wildman–Crippen LogP) is 3.33. The Balaban J connectivity index is 1.61. The molecule has 3 rings (SSSR count). The number of aromatic amines is 1.